The molecule has 1 amide bonds. The van der Waals surface area contributed by atoms with E-state index >= 15 is 0 Å². The number of methoxy groups -OCH3 is 1. The Morgan fingerprint density at radius 3 is 2.59 bits per heavy atom. The van der Waals surface area contributed by atoms with Crippen LogP contribution in [0.5, 0.6) is 5.75 Å². The van der Waals surface area contributed by atoms with Crippen LogP contribution in [0.4, 0.5) is 0 Å². The van der Waals surface area contributed by atoms with Crippen molar-refractivity contribution in [3.63, 3.8) is 0 Å². The Labute approximate surface area is 132 Å². The van der Waals surface area contributed by atoms with Crippen LogP contribution in [0.3, 0.4) is 0 Å². The summed E-state index contributed by atoms with van der Waals surface area (Å²) < 4.78 is 11.1. The zero-order chi connectivity index (χ0) is 15.4. The van der Waals surface area contributed by atoms with E-state index in [1.807, 2.05) is 29.2 Å². The summed E-state index contributed by atoms with van der Waals surface area (Å²) in [6.07, 6.45) is 5.77. The first-order valence-corrected chi connectivity index (χ1v) is 8.32. The summed E-state index contributed by atoms with van der Waals surface area (Å²) >= 11 is 0. The van der Waals surface area contributed by atoms with Gasteiger partial charge < -0.3 is 14.4 Å². The highest BCUT2D eigenvalue weighted by Gasteiger charge is 2.30. The summed E-state index contributed by atoms with van der Waals surface area (Å²) in [7, 11) is 1.66. The predicted octanol–water partition coefficient (Wildman–Crippen LogP) is 3.18. The Bertz CT molecular complexity index is 494. The van der Waals surface area contributed by atoms with Gasteiger partial charge in [-0.15, -0.1) is 0 Å². The lowest BCUT2D eigenvalue weighted by atomic mass is 9.88. The van der Waals surface area contributed by atoms with Crippen molar-refractivity contribution < 1.29 is 14.3 Å². The fraction of sp³-hybridized carbons (Fsp3) is 0.611. The number of rotatable bonds is 3. The number of amides is 1. The third-order valence-corrected chi connectivity index (χ3v) is 4.82. The van der Waals surface area contributed by atoms with Crippen LogP contribution in [-0.4, -0.2) is 37.6 Å². The minimum Gasteiger partial charge on any atom is -0.497 e. The van der Waals surface area contributed by atoms with Crippen LogP contribution >= 0.6 is 0 Å². The average Bonchev–Trinajstić information content (AvgIpc) is 2.62. The van der Waals surface area contributed by atoms with E-state index in [4.69, 9.17) is 9.47 Å². The molecular formula is C18H25NO3. The molecule has 22 heavy (non-hydrogen) atoms. The van der Waals surface area contributed by atoms with Gasteiger partial charge in [-0.1, -0.05) is 31.4 Å². The first-order valence-electron chi connectivity index (χ1n) is 8.32. The maximum absolute atomic E-state index is 12.7. The molecule has 1 unspecified atom stereocenters. The Kier molecular flexibility index (Phi) is 4.98. The van der Waals surface area contributed by atoms with Crippen LogP contribution in [0.15, 0.2) is 24.3 Å². The van der Waals surface area contributed by atoms with Crippen LogP contribution < -0.4 is 4.74 Å². The Morgan fingerprint density at radius 2 is 1.91 bits per heavy atom. The summed E-state index contributed by atoms with van der Waals surface area (Å²) in [6, 6.07) is 7.94. The van der Waals surface area contributed by atoms with Crippen molar-refractivity contribution in [1.82, 2.24) is 4.90 Å². The first kappa shape index (κ1) is 15.3. The minimum atomic E-state index is -0.0211. The van der Waals surface area contributed by atoms with Gasteiger partial charge in [0.05, 0.1) is 20.3 Å². The second-order valence-corrected chi connectivity index (χ2v) is 6.25. The van der Waals surface area contributed by atoms with E-state index in [0.29, 0.717) is 19.1 Å². The molecule has 0 radical (unpaired) electrons. The minimum absolute atomic E-state index is 0.0211. The van der Waals surface area contributed by atoms with Crippen LogP contribution in [0.1, 0.15) is 43.8 Å². The van der Waals surface area contributed by atoms with E-state index in [9.17, 15) is 4.79 Å². The number of ether oxygens (including phenoxy) is 2. The second kappa shape index (κ2) is 7.14. The summed E-state index contributed by atoms with van der Waals surface area (Å²) in [5.74, 6) is 1.42. The second-order valence-electron chi connectivity index (χ2n) is 6.25. The highest BCUT2D eigenvalue weighted by Crippen LogP contribution is 2.29. The van der Waals surface area contributed by atoms with Crippen molar-refractivity contribution in [2.45, 2.75) is 38.2 Å². The van der Waals surface area contributed by atoms with Gasteiger partial charge in [0.15, 0.2) is 0 Å². The third-order valence-electron chi connectivity index (χ3n) is 4.82. The monoisotopic (exact) mass is 303 g/mol. The molecule has 3 rings (SSSR count). The van der Waals surface area contributed by atoms with Gasteiger partial charge in [-0.3, -0.25) is 4.79 Å². The van der Waals surface area contributed by atoms with Crippen molar-refractivity contribution in [2.24, 2.45) is 5.92 Å². The lowest BCUT2D eigenvalue weighted by molar-refractivity contribution is -0.144. The molecule has 0 aromatic heterocycles. The lowest BCUT2D eigenvalue weighted by Crippen LogP contribution is -2.45. The van der Waals surface area contributed by atoms with Crippen molar-refractivity contribution in [3.8, 4) is 5.75 Å². The fourth-order valence-electron chi connectivity index (χ4n) is 3.48. The van der Waals surface area contributed by atoms with Crippen LogP contribution in [0, 0.1) is 5.92 Å². The van der Waals surface area contributed by atoms with E-state index in [2.05, 4.69) is 0 Å². The number of morpholine rings is 1. The molecule has 4 nitrogen and oxygen atoms in total. The largest absolute Gasteiger partial charge is 0.497 e. The molecule has 2 aliphatic rings. The van der Waals surface area contributed by atoms with E-state index in [0.717, 1.165) is 30.7 Å². The Hall–Kier alpha value is -1.55. The molecule has 120 valence electrons. The van der Waals surface area contributed by atoms with Crippen molar-refractivity contribution in [2.75, 3.05) is 26.8 Å². The van der Waals surface area contributed by atoms with Gasteiger partial charge in [0.1, 0.15) is 11.9 Å². The SMILES string of the molecule is COc1ccc(C2CN(C(=O)C3CCCCC3)CCO2)cc1. The summed E-state index contributed by atoms with van der Waals surface area (Å²) in [5, 5.41) is 0. The van der Waals surface area contributed by atoms with Gasteiger partial charge in [0.25, 0.3) is 0 Å². The molecule has 0 N–H and O–H groups in total. The molecule has 4 heteroatoms. The molecule has 1 aliphatic carbocycles. The van der Waals surface area contributed by atoms with E-state index in [1.165, 1.54) is 19.3 Å². The number of benzene rings is 1. The zero-order valence-corrected chi connectivity index (χ0v) is 13.3. The maximum Gasteiger partial charge on any atom is 0.225 e. The summed E-state index contributed by atoms with van der Waals surface area (Å²) in [4.78, 5) is 14.7. The molecule has 1 aromatic carbocycles. The number of hydrogen-bond acceptors (Lipinski definition) is 3. The number of nitrogens with zero attached hydrogens (tertiary/aromatic N) is 1. The summed E-state index contributed by atoms with van der Waals surface area (Å²) in [5.41, 5.74) is 1.11. The van der Waals surface area contributed by atoms with E-state index in [-0.39, 0.29) is 12.0 Å². The zero-order valence-electron chi connectivity index (χ0n) is 13.3. The van der Waals surface area contributed by atoms with Gasteiger partial charge in [-0.2, -0.15) is 0 Å². The normalized spacial score (nSPS) is 23.3. The fourth-order valence-corrected chi connectivity index (χ4v) is 3.48. The molecule has 1 heterocycles. The van der Waals surface area contributed by atoms with Gasteiger partial charge in [0.2, 0.25) is 5.91 Å². The molecule has 0 spiro atoms. The molecule has 1 saturated heterocycles. The summed E-state index contributed by atoms with van der Waals surface area (Å²) in [6.45, 7) is 2.01. The molecule has 1 aromatic rings. The van der Waals surface area contributed by atoms with Crippen molar-refractivity contribution >= 4 is 5.91 Å². The van der Waals surface area contributed by atoms with Crippen LogP contribution in [0.2, 0.25) is 0 Å². The van der Waals surface area contributed by atoms with E-state index in [1.54, 1.807) is 7.11 Å². The lowest BCUT2D eigenvalue weighted by Gasteiger charge is -2.36. The molecule has 2 fully saturated rings. The molecule has 1 aliphatic heterocycles. The number of carbonyl (C=O) groups excluding carboxylic acids is 1. The Balaban J connectivity index is 1.64. The topological polar surface area (TPSA) is 38.8 Å². The molecular weight excluding hydrogens is 278 g/mol. The van der Waals surface area contributed by atoms with Crippen LogP contribution in [0.25, 0.3) is 0 Å². The first-order chi connectivity index (χ1) is 10.8. The number of carbonyl (C=O) groups is 1. The number of hydrogen-bond donors (Lipinski definition) is 0. The average molecular weight is 303 g/mol. The quantitative estimate of drug-likeness (QED) is 0.861. The van der Waals surface area contributed by atoms with Crippen molar-refractivity contribution in [1.29, 1.82) is 0 Å². The third kappa shape index (κ3) is 3.43. The highest BCUT2D eigenvalue weighted by atomic mass is 16.5. The van der Waals surface area contributed by atoms with Gasteiger partial charge in [0, 0.05) is 12.5 Å². The van der Waals surface area contributed by atoms with Crippen molar-refractivity contribution in [3.05, 3.63) is 29.8 Å². The van der Waals surface area contributed by atoms with E-state index < -0.39 is 0 Å². The van der Waals surface area contributed by atoms with Crippen LogP contribution in [-0.2, 0) is 9.53 Å². The standard InChI is InChI=1S/C18H25NO3/c1-21-16-9-7-14(8-10-16)17-13-19(11-12-22-17)18(20)15-5-3-2-4-6-15/h7-10,15,17H,2-6,11-13H2,1H3. The maximum atomic E-state index is 12.7. The molecule has 1 saturated carbocycles. The molecule has 0 bridgehead atoms. The predicted molar refractivity (Wildman–Crippen MR) is 84.8 cm³/mol. The van der Waals surface area contributed by atoms with Gasteiger partial charge in [-0.25, -0.2) is 0 Å². The molecule has 1 atom stereocenters. The Morgan fingerprint density at radius 1 is 1.18 bits per heavy atom. The smallest absolute Gasteiger partial charge is 0.225 e. The van der Waals surface area contributed by atoms with Gasteiger partial charge in [-0.05, 0) is 30.5 Å². The highest BCUT2D eigenvalue weighted by molar-refractivity contribution is 5.79. The van der Waals surface area contributed by atoms with Gasteiger partial charge >= 0.3 is 0 Å².